The van der Waals surface area contributed by atoms with Crippen molar-refractivity contribution in [3.05, 3.63) is 30.0 Å². The molecule has 1 aromatic heterocycles. The average molecular weight is 338 g/mol. The molecule has 2 bridgehead atoms. The number of piperidine rings is 1. The number of rotatable bonds is 4. The normalized spacial score (nSPS) is 27.0. The molecule has 132 valence electrons. The quantitative estimate of drug-likeness (QED) is 0.932. The number of carbonyl (C=O) groups excluding carboxylic acids is 1. The lowest BCUT2D eigenvalue weighted by atomic mass is 9.95. The highest BCUT2D eigenvalue weighted by molar-refractivity contribution is 5.87. The summed E-state index contributed by atoms with van der Waals surface area (Å²) in [5.74, 6) is 1.83. The molecule has 1 N–H and O–H groups in total. The topological polar surface area (TPSA) is 52.2 Å². The van der Waals surface area contributed by atoms with Crippen molar-refractivity contribution in [1.82, 2.24) is 20.0 Å². The second kappa shape index (κ2) is 6.13. The van der Waals surface area contributed by atoms with E-state index in [2.05, 4.69) is 20.0 Å². The highest BCUT2D eigenvalue weighted by Crippen LogP contribution is 2.35. The fourth-order valence-electron chi connectivity index (χ4n) is 4.65. The van der Waals surface area contributed by atoms with Crippen molar-refractivity contribution in [1.29, 1.82) is 0 Å². The number of nitrogens with zero attached hydrogens (tertiary/aromatic N) is 3. The van der Waals surface area contributed by atoms with Gasteiger partial charge >= 0.3 is 0 Å². The van der Waals surface area contributed by atoms with Crippen LogP contribution in [0, 0.1) is 11.8 Å². The van der Waals surface area contributed by atoms with Gasteiger partial charge in [-0.1, -0.05) is 18.2 Å². The van der Waals surface area contributed by atoms with Crippen molar-refractivity contribution in [2.45, 2.75) is 38.1 Å². The summed E-state index contributed by atoms with van der Waals surface area (Å²) in [5.41, 5.74) is 1.89. The van der Waals surface area contributed by atoms with Crippen LogP contribution in [0.5, 0.6) is 0 Å². The van der Waals surface area contributed by atoms with E-state index in [9.17, 15) is 4.79 Å². The summed E-state index contributed by atoms with van der Waals surface area (Å²) in [6.07, 6.45) is 5.78. The minimum absolute atomic E-state index is 0.250. The number of hydrogen-bond donors (Lipinski definition) is 1. The Morgan fingerprint density at radius 3 is 2.88 bits per heavy atom. The number of aromatic nitrogens is 2. The largest absolute Gasteiger partial charge is 0.340 e. The van der Waals surface area contributed by atoms with E-state index in [-0.39, 0.29) is 5.91 Å². The van der Waals surface area contributed by atoms with E-state index in [0.717, 1.165) is 35.6 Å². The Bertz CT molecular complexity index is 781. The average Bonchev–Trinajstić information content (AvgIpc) is 3.41. The summed E-state index contributed by atoms with van der Waals surface area (Å²) < 4.78 is 0. The van der Waals surface area contributed by atoms with Crippen LogP contribution in [0.3, 0.4) is 0 Å². The first-order chi connectivity index (χ1) is 12.3. The molecular weight excluding hydrogens is 312 g/mol. The molecule has 0 spiro atoms. The van der Waals surface area contributed by atoms with Gasteiger partial charge in [0.2, 0.25) is 5.91 Å². The molecule has 4 aliphatic rings. The number of para-hydroxylation sites is 1. The fourth-order valence-corrected chi connectivity index (χ4v) is 4.65. The Hall–Kier alpha value is -1.88. The third-order valence-corrected chi connectivity index (χ3v) is 6.24. The summed E-state index contributed by atoms with van der Waals surface area (Å²) in [5, 5.41) is 8.47. The molecule has 0 unspecified atom stereocenters. The van der Waals surface area contributed by atoms with Crippen LogP contribution >= 0.6 is 0 Å². The molecule has 1 saturated carbocycles. The SMILES string of the molecule is O=C(Cc1[nH]nc2ccccc12)N1C[C@@H]2CC[C@H](C1)N(CC1CC1)C2. The van der Waals surface area contributed by atoms with Crippen LogP contribution in [-0.2, 0) is 11.2 Å². The molecule has 5 nitrogen and oxygen atoms in total. The number of fused-ring (bicyclic) bond motifs is 5. The lowest BCUT2D eigenvalue weighted by Gasteiger charge is -2.36. The molecule has 3 saturated heterocycles. The van der Waals surface area contributed by atoms with E-state index in [1.807, 2.05) is 24.3 Å². The molecule has 0 radical (unpaired) electrons. The third-order valence-electron chi connectivity index (χ3n) is 6.24. The van der Waals surface area contributed by atoms with Gasteiger partial charge in [-0.25, -0.2) is 0 Å². The van der Waals surface area contributed by atoms with Gasteiger partial charge in [-0.15, -0.1) is 0 Å². The van der Waals surface area contributed by atoms with Crippen molar-refractivity contribution >= 4 is 16.8 Å². The van der Waals surface area contributed by atoms with Crippen LogP contribution in [0.4, 0.5) is 0 Å². The molecule has 5 heteroatoms. The zero-order valence-electron chi connectivity index (χ0n) is 14.7. The van der Waals surface area contributed by atoms with E-state index in [0.29, 0.717) is 18.4 Å². The number of H-pyrrole nitrogens is 1. The van der Waals surface area contributed by atoms with Gasteiger partial charge in [-0.05, 0) is 43.6 Å². The number of aromatic amines is 1. The van der Waals surface area contributed by atoms with Crippen molar-refractivity contribution in [2.24, 2.45) is 11.8 Å². The first-order valence-electron chi connectivity index (χ1n) is 9.70. The van der Waals surface area contributed by atoms with E-state index < -0.39 is 0 Å². The fraction of sp³-hybridized carbons (Fsp3) is 0.600. The Morgan fingerprint density at radius 1 is 1.12 bits per heavy atom. The number of benzene rings is 1. The zero-order valence-corrected chi connectivity index (χ0v) is 14.7. The van der Waals surface area contributed by atoms with E-state index in [4.69, 9.17) is 0 Å². The third kappa shape index (κ3) is 3.06. The van der Waals surface area contributed by atoms with E-state index in [1.54, 1.807) is 0 Å². The highest BCUT2D eigenvalue weighted by atomic mass is 16.2. The number of hydrogen-bond acceptors (Lipinski definition) is 3. The Morgan fingerprint density at radius 2 is 2.00 bits per heavy atom. The minimum Gasteiger partial charge on any atom is -0.340 e. The van der Waals surface area contributed by atoms with Crippen molar-refractivity contribution < 1.29 is 4.79 Å². The van der Waals surface area contributed by atoms with E-state index in [1.165, 1.54) is 38.8 Å². The zero-order chi connectivity index (χ0) is 16.8. The van der Waals surface area contributed by atoms with Gasteiger partial charge in [-0.2, -0.15) is 5.10 Å². The first kappa shape index (κ1) is 15.4. The summed E-state index contributed by atoms with van der Waals surface area (Å²) in [6.45, 7) is 4.29. The van der Waals surface area contributed by atoms with Crippen LogP contribution in [0.2, 0.25) is 0 Å². The highest BCUT2D eigenvalue weighted by Gasteiger charge is 2.38. The molecule has 1 aromatic carbocycles. The number of amides is 1. The van der Waals surface area contributed by atoms with Gasteiger partial charge in [0.15, 0.2) is 0 Å². The number of carbonyl (C=O) groups is 1. The maximum absolute atomic E-state index is 13.0. The monoisotopic (exact) mass is 338 g/mol. The molecule has 1 aliphatic carbocycles. The van der Waals surface area contributed by atoms with Crippen molar-refractivity contribution in [3.63, 3.8) is 0 Å². The molecule has 4 heterocycles. The molecule has 3 aliphatic heterocycles. The maximum atomic E-state index is 13.0. The second-order valence-electron chi connectivity index (χ2n) is 8.19. The van der Waals surface area contributed by atoms with Crippen LogP contribution in [-0.4, -0.2) is 58.1 Å². The van der Waals surface area contributed by atoms with Crippen molar-refractivity contribution in [3.8, 4) is 0 Å². The summed E-state index contributed by atoms with van der Waals surface area (Å²) in [7, 11) is 0. The first-order valence-corrected chi connectivity index (χ1v) is 9.70. The van der Waals surface area contributed by atoms with E-state index >= 15 is 0 Å². The van der Waals surface area contributed by atoms with Crippen LogP contribution in [0.15, 0.2) is 24.3 Å². The molecule has 2 aromatic rings. The Labute approximate surface area is 148 Å². The van der Waals surface area contributed by atoms with Crippen LogP contribution < -0.4 is 0 Å². The minimum atomic E-state index is 0.250. The van der Waals surface area contributed by atoms with Gasteiger partial charge in [0.05, 0.1) is 17.6 Å². The predicted molar refractivity (Wildman–Crippen MR) is 97.2 cm³/mol. The Kier molecular flexibility index (Phi) is 3.77. The second-order valence-corrected chi connectivity index (χ2v) is 8.19. The molecular formula is C20H26N4O. The smallest absolute Gasteiger partial charge is 0.228 e. The molecule has 25 heavy (non-hydrogen) atoms. The molecule has 4 fully saturated rings. The van der Waals surface area contributed by atoms with Gasteiger partial charge in [-0.3, -0.25) is 14.8 Å². The maximum Gasteiger partial charge on any atom is 0.228 e. The summed E-state index contributed by atoms with van der Waals surface area (Å²) in [4.78, 5) is 17.8. The van der Waals surface area contributed by atoms with Gasteiger partial charge in [0.1, 0.15) is 0 Å². The molecule has 1 amide bonds. The van der Waals surface area contributed by atoms with Crippen molar-refractivity contribution in [2.75, 3.05) is 26.2 Å². The van der Waals surface area contributed by atoms with Crippen LogP contribution in [0.25, 0.3) is 10.9 Å². The van der Waals surface area contributed by atoms with Gasteiger partial charge in [0.25, 0.3) is 0 Å². The Balaban J connectivity index is 1.30. The molecule has 6 rings (SSSR count). The van der Waals surface area contributed by atoms with Gasteiger partial charge in [0, 0.05) is 37.6 Å². The lowest BCUT2D eigenvalue weighted by molar-refractivity contribution is -0.130. The number of nitrogens with one attached hydrogen (secondary N) is 1. The predicted octanol–water partition coefficient (Wildman–Crippen LogP) is 2.44. The van der Waals surface area contributed by atoms with Crippen LogP contribution in [0.1, 0.15) is 31.4 Å². The van der Waals surface area contributed by atoms with Gasteiger partial charge < -0.3 is 4.90 Å². The molecule has 2 atom stereocenters. The summed E-state index contributed by atoms with van der Waals surface area (Å²) >= 11 is 0. The summed E-state index contributed by atoms with van der Waals surface area (Å²) in [6, 6.07) is 8.60. The lowest BCUT2D eigenvalue weighted by Crippen LogP contribution is -2.45. The standard InChI is InChI=1S/C20H26N4O/c25-20(9-19-17-3-1-2-4-18(17)21-22-19)24-12-15-7-8-16(13-24)23(11-15)10-14-5-6-14/h1-4,14-16H,5-13H2,(H,21,22)/t15-,16-/m1/s1.